The van der Waals surface area contributed by atoms with Crippen LogP contribution in [-0.4, -0.2) is 27.0 Å². The molecule has 0 saturated heterocycles. The van der Waals surface area contributed by atoms with Crippen molar-refractivity contribution in [1.82, 2.24) is 5.01 Å². The minimum atomic E-state index is -0.494. The quantitative estimate of drug-likeness (QED) is 0.646. The van der Waals surface area contributed by atoms with E-state index in [1.807, 2.05) is 13.8 Å². The summed E-state index contributed by atoms with van der Waals surface area (Å²) in [7, 11) is 0. The zero-order valence-electron chi connectivity index (χ0n) is 14.9. The molecule has 1 aromatic carbocycles. The van der Waals surface area contributed by atoms with Gasteiger partial charge in [0.2, 0.25) is 5.17 Å². The normalized spacial score (nSPS) is 18.0. The monoisotopic (exact) mass is 432 g/mol. The summed E-state index contributed by atoms with van der Waals surface area (Å²) in [6.07, 6.45) is 1.49. The van der Waals surface area contributed by atoms with Crippen LogP contribution in [0.4, 0.5) is 0 Å². The fourth-order valence-corrected chi connectivity index (χ4v) is 4.04. The van der Waals surface area contributed by atoms with Crippen molar-refractivity contribution in [2.75, 3.05) is 0 Å². The molecule has 142 valence electrons. The van der Waals surface area contributed by atoms with Crippen LogP contribution in [0.1, 0.15) is 19.6 Å². The summed E-state index contributed by atoms with van der Waals surface area (Å²) in [5, 5.41) is 16.4. The van der Waals surface area contributed by atoms with E-state index in [1.54, 1.807) is 30.3 Å². The summed E-state index contributed by atoms with van der Waals surface area (Å²) < 4.78 is 5.80. The number of nitrogens with zero attached hydrogens (tertiary/aromatic N) is 3. The lowest BCUT2D eigenvalue weighted by atomic mass is 10.1. The Morgan fingerprint density at radius 1 is 1.25 bits per heavy atom. The molecule has 0 radical (unpaired) electrons. The fraction of sp³-hybridized carbons (Fsp3) is 0.158. The molecular weight excluding hydrogens is 419 g/mol. The van der Waals surface area contributed by atoms with Crippen LogP contribution < -0.4 is 0 Å². The van der Waals surface area contributed by atoms with Crippen LogP contribution in [0.3, 0.4) is 0 Å². The molecule has 28 heavy (non-hydrogen) atoms. The summed E-state index contributed by atoms with van der Waals surface area (Å²) in [6, 6.07) is 8.55. The molecule has 4 rings (SSSR count). The van der Waals surface area contributed by atoms with Crippen molar-refractivity contribution in [2.24, 2.45) is 16.0 Å². The Labute approximate surface area is 175 Å². The second-order valence-electron chi connectivity index (χ2n) is 6.44. The fourth-order valence-electron chi connectivity index (χ4n) is 2.65. The summed E-state index contributed by atoms with van der Waals surface area (Å²) in [5.41, 5.74) is 0.796. The highest BCUT2D eigenvalue weighted by molar-refractivity contribution is 8.27. The number of nitrogens with one attached hydrogen (secondary N) is 1. The van der Waals surface area contributed by atoms with E-state index in [0.29, 0.717) is 32.3 Å². The molecule has 2 aromatic rings. The van der Waals surface area contributed by atoms with Crippen LogP contribution >= 0.6 is 35.0 Å². The van der Waals surface area contributed by atoms with Crippen molar-refractivity contribution in [2.45, 2.75) is 13.8 Å². The summed E-state index contributed by atoms with van der Waals surface area (Å²) in [4.78, 5) is 16.5. The minimum Gasteiger partial charge on any atom is -0.457 e. The van der Waals surface area contributed by atoms with E-state index in [4.69, 9.17) is 33.0 Å². The molecule has 2 aliphatic rings. The molecule has 0 fully saturated rings. The third-order valence-corrected chi connectivity index (χ3v) is 5.83. The SMILES string of the molecule is CC(C)C1=NN2C(=N)/C(=C\c3ccc(-c4ccc(Cl)cc4Cl)o3)C(=O)N=C2S1. The van der Waals surface area contributed by atoms with Crippen LogP contribution in [0.15, 0.2) is 50.4 Å². The number of hydrogen-bond donors (Lipinski definition) is 1. The van der Waals surface area contributed by atoms with Crippen molar-refractivity contribution in [3.63, 3.8) is 0 Å². The lowest BCUT2D eigenvalue weighted by Gasteiger charge is -2.19. The van der Waals surface area contributed by atoms with Crippen molar-refractivity contribution in [3.8, 4) is 11.3 Å². The topological polar surface area (TPSA) is 82.0 Å². The average Bonchev–Trinajstić information content (AvgIpc) is 3.26. The third-order valence-electron chi connectivity index (χ3n) is 4.07. The van der Waals surface area contributed by atoms with Gasteiger partial charge >= 0.3 is 0 Å². The lowest BCUT2D eigenvalue weighted by Crippen LogP contribution is -2.35. The van der Waals surface area contributed by atoms with Gasteiger partial charge in [-0.1, -0.05) is 37.0 Å². The van der Waals surface area contributed by atoms with Crippen molar-refractivity contribution in [3.05, 3.63) is 51.7 Å². The second-order valence-corrected chi connectivity index (χ2v) is 8.27. The largest absolute Gasteiger partial charge is 0.457 e. The Kier molecular flexibility index (Phi) is 4.91. The number of halogens is 2. The molecule has 1 aromatic heterocycles. The Hall–Kier alpha value is -2.35. The van der Waals surface area contributed by atoms with E-state index in [2.05, 4.69) is 10.1 Å². The highest BCUT2D eigenvalue weighted by atomic mass is 35.5. The van der Waals surface area contributed by atoms with Gasteiger partial charge in [-0.3, -0.25) is 10.2 Å². The molecule has 3 heterocycles. The first kappa shape index (κ1) is 19.0. The Bertz CT molecular complexity index is 1100. The molecule has 2 aliphatic heterocycles. The first-order valence-corrected chi connectivity index (χ1v) is 9.96. The maximum atomic E-state index is 12.4. The van der Waals surface area contributed by atoms with E-state index in [0.717, 1.165) is 5.04 Å². The lowest BCUT2D eigenvalue weighted by molar-refractivity contribution is -0.114. The zero-order valence-corrected chi connectivity index (χ0v) is 17.2. The van der Waals surface area contributed by atoms with Gasteiger partial charge in [-0.2, -0.15) is 15.1 Å². The van der Waals surface area contributed by atoms with Gasteiger partial charge < -0.3 is 4.42 Å². The van der Waals surface area contributed by atoms with E-state index in [1.165, 1.54) is 22.8 Å². The van der Waals surface area contributed by atoms with Crippen molar-refractivity contribution >= 4 is 63.0 Å². The molecule has 0 atom stereocenters. The number of benzene rings is 1. The number of rotatable bonds is 3. The smallest absolute Gasteiger partial charge is 0.283 e. The number of carbonyl (C=O) groups excluding carboxylic acids is 1. The third kappa shape index (κ3) is 3.41. The number of furan rings is 1. The van der Waals surface area contributed by atoms with Gasteiger partial charge in [0.1, 0.15) is 16.6 Å². The first-order valence-electron chi connectivity index (χ1n) is 8.39. The number of hydrogen-bond acceptors (Lipinski definition) is 5. The van der Waals surface area contributed by atoms with Gasteiger partial charge in [0, 0.05) is 16.5 Å². The molecule has 0 unspecified atom stereocenters. The minimum absolute atomic E-state index is 0.0272. The molecule has 0 saturated carbocycles. The molecule has 1 N–H and O–H groups in total. The Balaban J connectivity index is 1.66. The number of carbonyl (C=O) groups is 1. The molecular formula is C19H14Cl2N4O2S. The Morgan fingerprint density at radius 3 is 2.75 bits per heavy atom. The van der Waals surface area contributed by atoms with Gasteiger partial charge in [-0.25, -0.2) is 0 Å². The maximum absolute atomic E-state index is 12.4. The van der Waals surface area contributed by atoms with Gasteiger partial charge in [-0.05, 0) is 48.2 Å². The average molecular weight is 433 g/mol. The number of hydrazone groups is 1. The van der Waals surface area contributed by atoms with Crippen LogP contribution in [0.2, 0.25) is 10.0 Å². The number of fused-ring (bicyclic) bond motifs is 1. The molecule has 0 bridgehead atoms. The first-order chi connectivity index (χ1) is 13.3. The number of aliphatic imine (C=N–C) groups is 1. The predicted molar refractivity (Wildman–Crippen MR) is 114 cm³/mol. The zero-order chi connectivity index (χ0) is 20.0. The summed E-state index contributed by atoms with van der Waals surface area (Å²) >= 11 is 13.5. The number of amides is 1. The molecule has 9 heteroatoms. The van der Waals surface area contributed by atoms with Gasteiger partial charge in [0.05, 0.1) is 10.6 Å². The summed E-state index contributed by atoms with van der Waals surface area (Å²) in [5.74, 6) is 0.606. The van der Waals surface area contributed by atoms with Gasteiger partial charge in [-0.15, -0.1) is 0 Å². The standard InChI is InChI=1S/C19H14Cl2N4O2S/c1-9(2)18-24-25-16(22)13(17(26)23-19(25)28-18)8-11-4-6-15(27-11)12-5-3-10(20)7-14(12)21/h3-9,22H,1-2H3/b13-8+,22-16?. The van der Waals surface area contributed by atoms with Crippen LogP contribution in [0.25, 0.3) is 17.4 Å². The van der Waals surface area contributed by atoms with Crippen molar-refractivity contribution in [1.29, 1.82) is 5.41 Å². The Morgan fingerprint density at radius 2 is 2.04 bits per heavy atom. The highest BCUT2D eigenvalue weighted by Gasteiger charge is 2.36. The van der Waals surface area contributed by atoms with Crippen LogP contribution in [0.5, 0.6) is 0 Å². The van der Waals surface area contributed by atoms with Crippen LogP contribution in [0, 0.1) is 11.3 Å². The van der Waals surface area contributed by atoms with E-state index in [-0.39, 0.29) is 17.3 Å². The molecule has 0 aliphatic carbocycles. The predicted octanol–water partition coefficient (Wildman–Crippen LogP) is 5.53. The van der Waals surface area contributed by atoms with E-state index >= 15 is 0 Å². The van der Waals surface area contributed by atoms with Gasteiger partial charge in [0.15, 0.2) is 5.84 Å². The van der Waals surface area contributed by atoms with Gasteiger partial charge in [0.25, 0.3) is 5.91 Å². The highest BCUT2D eigenvalue weighted by Crippen LogP contribution is 2.33. The van der Waals surface area contributed by atoms with Crippen molar-refractivity contribution < 1.29 is 9.21 Å². The summed E-state index contributed by atoms with van der Waals surface area (Å²) in [6.45, 7) is 4.00. The second kappa shape index (κ2) is 7.24. The molecule has 6 nitrogen and oxygen atoms in total. The van der Waals surface area contributed by atoms with E-state index in [9.17, 15) is 4.79 Å². The number of amidine groups is 2. The van der Waals surface area contributed by atoms with E-state index < -0.39 is 5.91 Å². The maximum Gasteiger partial charge on any atom is 0.283 e. The number of thioether (sulfide) groups is 1. The molecule has 1 amide bonds. The van der Waals surface area contributed by atoms with Crippen LogP contribution in [-0.2, 0) is 4.79 Å². The molecule has 0 spiro atoms.